The van der Waals surface area contributed by atoms with Gasteiger partial charge in [-0.15, -0.1) is 0 Å². The Morgan fingerprint density at radius 2 is 2.18 bits per heavy atom. The van der Waals surface area contributed by atoms with Gasteiger partial charge in [0, 0.05) is 15.5 Å². The third-order valence-electron chi connectivity index (χ3n) is 1.43. The first-order valence-electron chi connectivity index (χ1n) is 3.42. The van der Waals surface area contributed by atoms with Crippen LogP contribution in [0.25, 0.3) is 0 Å². The van der Waals surface area contributed by atoms with Gasteiger partial charge >= 0.3 is 0 Å². The van der Waals surface area contributed by atoms with Crippen molar-refractivity contribution < 1.29 is 0 Å². The van der Waals surface area contributed by atoms with Crippen molar-refractivity contribution in [1.82, 2.24) is 4.98 Å². The summed E-state index contributed by atoms with van der Waals surface area (Å²) in [5.74, 6) is 0. The fourth-order valence-corrected chi connectivity index (χ4v) is 1.46. The van der Waals surface area contributed by atoms with E-state index in [0.29, 0.717) is 0 Å². The smallest absolute Gasteiger partial charge is 0.0517 e. The summed E-state index contributed by atoms with van der Waals surface area (Å²) in [5.41, 5.74) is 2.20. The highest BCUT2D eigenvalue weighted by molar-refractivity contribution is 9.10. The Morgan fingerprint density at radius 1 is 1.45 bits per heavy atom. The number of rotatable bonds is 2. The van der Waals surface area contributed by atoms with E-state index in [0.717, 1.165) is 27.6 Å². The second-order valence-electron chi connectivity index (χ2n) is 2.31. The summed E-state index contributed by atoms with van der Waals surface area (Å²) in [6.45, 7) is 2.00. The molecule has 11 heavy (non-hydrogen) atoms. The highest BCUT2D eigenvalue weighted by Gasteiger charge is 1.97. The molecule has 0 aromatic carbocycles. The Labute approximate surface area is 83.5 Å². The SMILES string of the molecule is Cc1nc(CCBr)ccc1Br. The highest BCUT2D eigenvalue weighted by Crippen LogP contribution is 2.14. The van der Waals surface area contributed by atoms with Gasteiger partial charge in [-0.05, 0) is 41.4 Å². The molecule has 0 bridgehead atoms. The van der Waals surface area contributed by atoms with Crippen molar-refractivity contribution in [2.75, 3.05) is 5.33 Å². The van der Waals surface area contributed by atoms with Crippen molar-refractivity contribution in [2.45, 2.75) is 13.3 Å². The lowest BCUT2D eigenvalue weighted by Crippen LogP contribution is -1.93. The van der Waals surface area contributed by atoms with Gasteiger partial charge < -0.3 is 0 Å². The lowest BCUT2D eigenvalue weighted by atomic mass is 10.3. The second-order valence-corrected chi connectivity index (χ2v) is 3.96. The van der Waals surface area contributed by atoms with Crippen LogP contribution in [0.4, 0.5) is 0 Å². The van der Waals surface area contributed by atoms with Crippen LogP contribution in [0.2, 0.25) is 0 Å². The number of pyridine rings is 1. The summed E-state index contributed by atoms with van der Waals surface area (Å²) in [6, 6.07) is 4.08. The lowest BCUT2D eigenvalue weighted by Gasteiger charge is -2.00. The van der Waals surface area contributed by atoms with Crippen LogP contribution in [0.1, 0.15) is 11.4 Å². The predicted octanol–water partition coefficient (Wildman–Crippen LogP) is 3.09. The van der Waals surface area contributed by atoms with E-state index in [2.05, 4.69) is 36.8 Å². The highest BCUT2D eigenvalue weighted by atomic mass is 79.9. The van der Waals surface area contributed by atoms with Crippen molar-refractivity contribution in [3.63, 3.8) is 0 Å². The van der Waals surface area contributed by atoms with Gasteiger partial charge in [0.25, 0.3) is 0 Å². The Morgan fingerprint density at radius 3 is 2.73 bits per heavy atom. The second kappa shape index (κ2) is 4.21. The van der Waals surface area contributed by atoms with Gasteiger partial charge in [-0.2, -0.15) is 0 Å². The van der Waals surface area contributed by atoms with E-state index in [1.165, 1.54) is 0 Å². The molecule has 1 aromatic rings. The van der Waals surface area contributed by atoms with E-state index in [-0.39, 0.29) is 0 Å². The maximum absolute atomic E-state index is 4.39. The zero-order valence-corrected chi connectivity index (χ0v) is 9.44. The number of aryl methyl sites for hydroxylation is 2. The summed E-state index contributed by atoms with van der Waals surface area (Å²) in [7, 11) is 0. The molecule has 0 atom stereocenters. The molecule has 1 aromatic heterocycles. The Balaban J connectivity index is 2.86. The number of alkyl halides is 1. The molecule has 0 radical (unpaired) electrons. The van der Waals surface area contributed by atoms with E-state index in [1.54, 1.807) is 0 Å². The van der Waals surface area contributed by atoms with Crippen molar-refractivity contribution >= 4 is 31.9 Å². The van der Waals surface area contributed by atoms with Gasteiger partial charge in [0.2, 0.25) is 0 Å². The molecule has 0 amide bonds. The van der Waals surface area contributed by atoms with E-state index in [4.69, 9.17) is 0 Å². The number of aromatic nitrogens is 1. The maximum Gasteiger partial charge on any atom is 0.0517 e. The Bertz CT molecular complexity index is 248. The summed E-state index contributed by atoms with van der Waals surface area (Å²) in [5, 5.41) is 0.973. The van der Waals surface area contributed by atoms with E-state index >= 15 is 0 Å². The first kappa shape index (κ1) is 9.20. The molecule has 0 fully saturated rings. The van der Waals surface area contributed by atoms with Crippen LogP contribution in [-0.2, 0) is 6.42 Å². The van der Waals surface area contributed by atoms with Crippen LogP contribution in [0.5, 0.6) is 0 Å². The molecule has 1 rings (SSSR count). The monoisotopic (exact) mass is 277 g/mol. The van der Waals surface area contributed by atoms with Gasteiger partial charge in [-0.3, -0.25) is 4.98 Å². The summed E-state index contributed by atoms with van der Waals surface area (Å²) >= 11 is 6.78. The van der Waals surface area contributed by atoms with Gasteiger partial charge in [-0.25, -0.2) is 0 Å². The normalized spacial score (nSPS) is 10.1. The molecule has 0 saturated heterocycles. The minimum Gasteiger partial charge on any atom is -0.257 e. The van der Waals surface area contributed by atoms with Gasteiger partial charge in [-0.1, -0.05) is 15.9 Å². The predicted molar refractivity (Wildman–Crippen MR) is 54.2 cm³/mol. The minimum absolute atomic E-state index is 0.973. The van der Waals surface area contributed by atoms with Crippen molar-refractivity contribution in [2.24, 2.45) is 0 Å². The zero-order chi connectivity index (χ0) is 8.27. The molecule has 3 heteroatoms. The molecule has 0 saturated carbocycles. The van der Waals surface area contributed by atoms with Gasteiger partial charge in [0.15, 0.2) is 0 Å². The molecule has 0 aliphatic carbocycles. The summed E-state index contributed by atoms with van der Waals surface area (Å²) < 4.78 is 1.08. The average molecular weight is 279 g/mol. The van der Waals surface area contributed by atoms with Crippen molar-refractivity contribution in [3.8, 4) is 0 Å². The summed E-state index contributed by atoms with van der Waals surface area (Å²) in [6.07, 6.45) is 0.994. The molecular weight excluding hydrogens is 270 g/mol. The maximum atomic E-state index is 4.39. The zero-order valence-electron chi connectivity index (χ0n) is 6.27. The van der Waals surface area contributed by atoms with Crippen LogP contribution >= 0.6 is 31.9 Å². The van der Waals surface area contributed by atoms with Crippen LogP contribution in [0.3, 0.4) is 0 Å². The molecule has 0 N–H and O–H groups in total. The molecule has 1 heterocycles. The quantitative estimate of drug-likeness (QED) is 0.758. The largest absolute Gasteiger partial charge is 0.257 e. The standard InChI is InChI=1S/C8H9Br2N/c1-6-8(10)3-2-7(11-6)4-5-9/h2-3H,4-5H2,1H3. The Hall–Kier alpha value is 0.110. The third kappa shape index (κ3) is 2.56. The first-order chi connectivity index (χ1) is 5.24. The molecule has 60 valence electrons. The minimum atomic E-state index is 0.973. The van der Waals surface area contributed by atoms with Crippen LogP contribution < -0.4 is 0 Å². The fourth-order valence-electron chi connectivity index (χ4n) is 0.832. The number of halogens is 2. The van der Waals surface area contributed by atoms with E-state index < -0.39 is 0 Å². The van der Waals surface area contributed by atoms with Crippen LogP contribution in [0, 0.1) is 6.92 Å². The molecule has 1 nitrogen and oxygen atoms in total. The van der Waals surface area contributed by atoms with Crippen LogP contribution in [-0.4, -0.2) is 10.3 Å². The van der Waals surface area contributed by atoms with Crippen molar-refractivity contribution in [1.29, 1.82) is 0 Å². The molecule has 0 aliphatic heterocycles. The molecule has 0 aliphatic rings. The fraction of sp³-hybridized carbons (Fsp3) is 0.375. The van der Waals surface area contributed by atoms with E-state index in [9.17, 15) is 0 Å². The Kier molecular flexibility index (Phi) is 3.52. The van der Waals surface area contributed by atoms with E-state index in [1.807, 2.05) is 19.1 Å². The molecule has 0 spiro atoms. The average Bonchev–Trinajstić information content (AvgIpc) is 1.98. The summed E-state index contributed by atoms with van der Waals surface area (Å²) in [4.78, 5) is 4.39. The molecule has 0 unspecified atom stereocenters. The first-order valence-corrected chi connectivity index (χ1v) is 5.33. The lowest BCUT2D eigenvalue weighted by molar-refractivity contribution is 1.01. The molecular formula is C8H9Br2N. The van der Waals surface area contributed by atoms with Crippen molar-refractivity contribution in [3.05, 3.63) is 28.0 Å². The van der Waals surface area contributed by atoms with Gasteiger partial charge in [0.1, 0.15) is 0 Å². The number of hydrogen-bond acceptors (Lipinski definition) is 1. The number of hydrogen-bond donors (Lipinski definition) is 0. The van der Waals surface area contributed by atoms with Crippen LogP contribution in [0.15, 0.2) is 16.6 Å². The third-order valence-corrected chi connectivity index (χ3v) is 2.66. The number of nitrogens with zero attached hydrogens (tertiary/aromatic N) is 1. The van der Waals surface area contributed by atoms with Gasteiger partial charge in [0.05, 0.1) is 5.69 Å². The topological polar surface area (TPSA) is 12.9 Å².